The third-order valence-corrected chi connectivity index (χ3v) is 6.72. The molecule has 3 amide bonds. The number of carbonyl (C=O) groups is 3. The summed E-state index contributed by atoms with van der Waals surface area (Å²) in [5, 5.41) is 3.52. The van der Waals surface area contributed by atoms with Gasteiger partial charge in [-0.25, -0.2) is 4.79 Å². The van der Waals surface area contributed by atoms with Crippen molar-refractivity contribution in [2.24, 2.45) is 17.8 Å². The second kappa shape index (κ2) is 8.02. The molecule has 1 aliphatic carbocycles. The van der Waals surface area contributed by atoms with Crippen LogP contribution >= 0.6 is 0 Å². The van der Waals surface area contributed by atoms with Gasteiger partial charge in [0.05, 0.1) is 0 Å². The average Bonchev–Trinajstić information content (AvgIpc) is 3.24. The molecule has 0 radical (unpaired) electrons. The summed E-state index contributed by atoms with van der Waals surface area (Å²) in [6.07, 6.45) is 2.77. The summed E-state index contributed by atoms with van der Waals surface area (Å²) in [6, 6.07) is 8.51. The Labute approximate surface area is 182 Å². The van der Waals surface area contributed by atoms with Gasteiger partial charge in [-0.2, -0.15) is 0 Å². The highest BCUT2D eigenvalue weighted by Crippen LogP contribution is 2.36. The highest BCUT2D eigenvalue weighted by Gasteiger charge is 2.52. The number of ether oxygens (including phenoxy) is 1. The summed E-state index contributed by atoms with van der Waals surface area (Å²) in [4.78, 5) is 39.4. The summed E-state index contributed by atoms with van der Waals surface area (Å²) in [5.41, 5.74) is -0.735. The van der Waals surface area contributed by atoms with Crippen molar-refractivity contribution in [3.63, 3.8) is 0 Å². The Kier molecular flexibility index (Phi) is 5.54. The summed E-state index contributed by atoms with van der Waals surface area (Å²) in [6.45, 7) is 7.62. The molecule has 1 N–H and O–H groups in total. The average molecular weight is 427 g/mol. The van der Waals surface area contributed by atoms with Crippen molar-refractivity contribution in [2.45, 2.75) is 58.6 Å². The van der Waals surface area contributed by atoms with Gasteiger partial charge in [-0.1, -0.05) is 45.4 Å². The van der Waals surface area contributed by atoms with E-state index < -0.39 is 30.0 Å². The van der Waals surface area contributed by atoms with E-state index in [1.54, 1.807) is 19.1 Å². The van der Waals surface area contributed by atoms with E-state index in [9.17, 15) is 14.4 Å². The lowest BCUT2D eigenvalue weighted by atomic mass is 9.75. The Bertz CT molecular complexity index is 979. The number of hydrogen-bond acceptors (Lipinski definition) is 5. The summed E-state index contributed by atoms with van der Waals surface area (Å²) in [7, 11) is 0. The van der Waals surface area contributed by atoms with Crippen LogP contribution in [-0.2, 0) is 19.9 Å². The van der Waals surface area contributed by atoms with E-state index in [2.05, 4.69) is 26.1 Å². The molecule has 4 atom stereocenters. The summed E-state index contributed by atoms with van der Waals surface area (Å²) < 4.78 is 11.6. The molecule has 0 spiro atoms. The molecule has 2 heterocycles. The fourth-order valence-corrected chi connectivity index (χ4v) is 4.82. The van der Waals surface area contributed by atoms with Crippen LogP contribution < -0.4 is 5.32 Å². The lowest BCUT2D eigenvalue weighted by molar-refractivity contribution is -0.158. The molecule has 1 aromatic carbocycles. The molecular weight excluding hydrogens is 396 g/mol. The smallest absolute Gasteiger partial charge is 0.326 e. The number of hydrogen-bond donors (Lipinski definition) is 1. The van der Waals surface area contributed by atoms with Crippen LogP contribution in [0.15, 0.2) is 34.7 Å². The Balaban J connectivity index is 1.48. The number of benzene rings is 1. The third-order valence-electron chi connectivity index (χ3n) is 6.72. The van der Waals surface area contributed by atoms with Gasteiger partial charge in [0.25, 0.3) is 5.91 Å². The van der Waals surface area contributed by atoms with Crippen LogP contribution in [0, 0.1) is 17.8 Å². The number of furan rings is 1. The summed E-state index contributed by atoms with van der Waals surface area (Å²) in [5.74, 6) is 0.445. The minimum Gasteiger partial charge on any atom is -0.461 e. The number of imide groups is 1. The quantitative estimate of drug-likeness (QED) is 0.572. The van der Waals surface area contributed by atoms with Crippen LogP contribution in [0.5, 0.6) is 0 Å². The molecule has 7 heteroatoms. The molecule has 0 bridgehead atoms. The number of nitrogens with one attached hydrogen (secondary N) is 1. The molecule has 1 aliphatic heterocycles. The highest BCUT2D eigenvalue weighted by molar-refractivity contribution is 6.08. The normalized spacial score (nSPS) is 28.9. The van der Waals surface area contributed by atoms with Gasteiger partial charge in [0.2, 0.25) is 0 Å². The first kappa shape index (κ1) is 21.4. The zero-order valence-electron chi connectivity index (χ0n) is 18.5. The van der Waals surface area contributed by atoms with Gasteiger partial charge < -0.3 is 14.5 Å². The lowest BCUT2D eigenvalue weighted by Crippen LogP contribution is -2.42. The number of para-hydroxylation sites is 1. The minimum atomic E-state index is -1.36. The number of carbonyl (C=O) groups excluding carboxylic acids is 3. The molecule has 1 saturated heterocycles. The second-order valence-electron chi connectivity index (χ2n) is 9.45. The Morgan fingerprint density at radius 2 is 2.03 bits per heavy atom. The van der Waals surface area contributed by atoms with E-state index in [4.69, 9.17) is 9.15 Å². The van der Waals surface area contributed by atoms with E-state index in [-0.39, 0.29) is 6.10 Å². The molecule has 1 aromatic heterocycles. The van der Waals surface area contributed by atoms with Gasteiger partial charge in [0, 0.05) is 5.39 Å². The largest absolute Gasteiger partial charge is 0.461 e. The topological polar surface area (TPSA) is 88.8 Å². The van der Waals surface area contributed by atoms with E-state index in [0.29, 0.717) is 29.1 Å². The Hall–Kier alpha value is -2.83. The van der Waals surface area contributed by atoms with Gasteiger partial charge in [0.15, 0.2) is 5.54 Å². The van der Waals surface area contributed by atoms with Gasteiger partial charge in [-0.3, -0.25) is 14.5 Å². The number of fused-ring (bicyclic) bond motifs is 1. The highest BCUT2D eigenvalue weighted by atomic mass is 16.5. The van der Waals surface area contributed by atoms with Crippen molar-refractivity contribution in [2.75, 3.05) is 6.54 Å². The molecule has 0 unspecified atom stereocenters. The van der Waals surface area contributed by atoms with Crippen LogP contribution in [-0.4, -0.2) is 35.5 Å². The van der Waals surface area contributed by atoms with Crippen molar-refractivity contribution in [1.82, 2.24) is 10.2 Å². The first-order valence-corrected chi connectivity index (χ1v) is 11.0. The minimum absolute atomic E-state index is 0.182. The number of rotatable bonds is 5. The lowest BCUT2D eigenvalue weighted by Gasteiger charge is -2.36. The van der Waals surface area contributed by atoms with Crippen LogP contribution in [0.1, 0.15) is 52.7 Å². The van der Waals surface area contributed by atoms with E-state index >= 15 is 0 Å². The maximum atomic E-state index is 13.1. The molecule has 2 aliphatic rings. The molecular formula is C24H30N2O5. The molecule has 2 aromatic rings. The Morgan fingerprint density at radius 3 is 2.74 bits per heavy atom. The van der Waals surface area contributed by atoms with Crippen LogP contribution in [0.3, 0.4) is 0 Å². The van der Waals surface area contributed by atoms with Gasteiger partial charge in [-0.05, 0) is 49.7 Å². The number of amides is 3. The van der Waals surface area contributed by atoms with Crippen molar-refractivity contribution in [3.8, 4) is 0 Å². The summed E-state index contributed by atoms with van der Waals surface area (Å²) >= 11 is 0. The second-order valence-corrected chi connectivity index (χ2v) is 9.45. The number of nitrogens with zero attached hydrogens (tertiary/aromatic N) is 1. The predicted molar refractivity (Wildman–Crippen MR) is 115 cm³/mol. The number of esters is 1. The molecule has 4 rings (SSSR count). The standard InChI is InChI=1S/C24H30N2O5/c1-14(2)17-10-9-15(3)11-19(17)31-21(27)13-26-22(28)24(4,25-23(26)29)20-12-16-7-5-6-8-18(16)30-20/h5-8,12,14-15,17,19H,9-11,13H2,1-4H3,(H,25,29)/t15-,17-,19-,24+/m1/s1. The SMILES string of the molecule is CC(C)[C@H]1CC[C@@H](C)C[C@H]1OC(=O)CN1C(=O)N[C@@](C)(c2cc3ccccc3o2)C1=O. The van der Waals surface area contributed by atoms with E-state index in [1.807, 2.05) is 18.2 Å². The van der Waals surface area contributed by atoms with Crippen LogP contribution in [0.25, 0.3) is 11.0 Å². The molecule has 7 nitrogen and oxygen atoms in total. The van der Waals surface area contributed by atoms with E-state index in [1.165, 1.54) is 0 Å². The fraction of sp³-hybridized carbons (Fsp3) is 0.542. The van der Waals surface area contributed by atoms with Crippen LogP contribution in [0.4, 0.5) is 4.79 Å². The maximum absolute atomic E-state index is 13.1. The van der Waals surface area contributed by atoms with Gasteiger partial charge in [0.1, 0.15) is 24.0 Å². The Morgan fingerprint density at radius 1 is 1.29 bits per heavy atom. The van der Waals surface area contributed by atoms with Gasteiger partial charge >= 0.3 is 12.0 Å². The van der Waals surface area contributed by atoms with Crippen molar-refractivity contribution < 1.29 is 23.5 Å². The molecule has 166 valence electrons. The third kappa shape index (κ3) is 3.93. The fourth-order valence-electron chi connectivity index (χ4n) is 4.82. The zero-order chi connectivity index (χ0) is 22.3. The first-order valence-electron chi connectivity index (χ1n) is 11.0. The number of urea groups is 1. The van der Waals surface area contributed by atoms with Crippen molar-refractivity contribution in [1.29, 1.82) is 0 Å². The van der Waals surface area contributed by atoms with Crippen molar-refractivity contribution in [3.05, 3.63) is 36.1 Å². The molecule has 1 saturated carbocycles. The first-order chi connectivity index (χ1) is 14.7. The predicted octanol–water partition coefficient (Wildman–Crippen LogP) is 4.20. The van der Waals surface area contributed by atoms with Crippen molar-refractivity contribution >= 4 is 28.9 Å². The molecule has 31 heavy (non-hydrogen) atoms. The monoisotopic (exact) mass is 426 g/mol. The molecule has 2 fully saturated rings. The maximum Gasteiger partial charge on any atom is 0.326 e. The van der Waals surface area contributed by atoms with E-state index in [0.717, 1.165) is 29.5 Å². The zero-order valence-corrected chi connectivity index (χ0v) is 18.5. The van der Waals surface area contributed by atoms with Gasteiger partial charge in [-0.15, -0.1) is 0 Å². The van der Waals surface area contributed by atoms with Crippen LogP contribution in [0.2, 0.25) is 0 Å².